The molecule has 5 nitrogen and oxygen atoms in total. The minimum atomic E-state index is -0.248. The molecule has 146 valence electrons. The van der Waals surface area contributed by atoms with Crippen molar-refractivity contribution < 1.29 is 9.13 Å². The number of nitrogens with zero attached hydrogens (tertiary/aromatic N) is 4. The van der Waals surface area contributed by atoms with E-state index >= 15 is 0 Å². The minimum absolute atomic E-state index is 0.248. The summed E-state index contributed by atoms with van der Waals surface area (Å²) in [5.41, 5.74) is 1.09. The van der Waals surface area contributed by atoms with Gasteiger partial charge in [-0.2, -0.15) is 0 Å². The number of rotatable bonds is 7. The summed E-state index contributed by atoms with van der Waals surface area (Å²) in [4.78, 5) is 11.8. The fraction of sp³-hybridized carbons (Fsp3) is 0.364. The second kappa shape index (κ2) is 8.52. The number of pyridine rings is 1. The smallest absolute Gasteiger partial charge is 0.138 e. The van der Waals surface area contributed by atoms with Gasteiger partial charge in [-0.25, -0.2) is 14.4 Å². The highest BCUT2D eigenvalue weighted by Gasteiger charge is 2.27. The van der Waals surface area contributed by atoms with Crippen molar-refractivity contribution in [2.75, 3.05) is 19.7 Å². The Bertz CT molecular complexity index is 909. The van der Waals surface area contributed by atoms with Crippen LogP contribution in [0.3, 0.4) is 0 Å². The molecule has 1 fully saturated rings. The number of likely N-dealkylation sites (tertiary alicyclic amines) is 1. The summed E-state index contributed by atoms with van der Waals surface area (Å²) in [6.07, 6.45) is 6.90. The molecule has 3 heterocycles. The molecule has 3 aromatic rings. The molecule has 0 amide bonds. The molecule has 6 heteroatoms. The van der Waals surface area contributed by atoms with Gasteiger partial charge in [0.2, 0.25) is 0 Å². The van der Waals surface area contributed by atoms with Crippen LogP contribution in [-0.2, 0) is 6.42 Å². The van der Waals surface area contributed by atoms with Crippen molar-refractivity contribution in [1.29, 1.82) is 0 Å². The molecule has 1 unspecified atom stereocenters. The molecular formula is C22H25FN4O. The van der Waals surface area contributed by atoms with Crippen LogP contribution in [0.1, 0.15) is 37.3 Å². The SMILES string of the molecule is CCc1nccn1-c1cccc(C2CCCN2CCOc2ccc(F)cc2)n1. The van der Waals surface area contributed by atoms with Gasteiger partial charge in [0.15, 0.2) is 0 Å². The minimum Gasteiger partial charge on any atom is -0.492 e. The van der Waals surface area contributed by atoms with Crippen molar-refractivity contribution in [3.8, 4) is 11.6 Å². The highest BCUT2D eigenvalue weighted by molar-refractivity contribution is 5.28. The van der Waals surface area contributed by atoms with Crippen molar-refractivity contribution in [2.24, 2.45) is 0 Å². The largest absolute Gasteiger partial charge is 0.492 e. The van der Waals surface area contributed by atoms with E-state index in [1.807, 2.05) is 18.5 Å². The van der Waals surface area contributed by atoms with Gasteiger partial charge in [0.1, 0.15) is 29.8 Å². The lowest BCUT2D eigenvalue weighted by Crippen LogP contribution is -2.28. The number of halogens is 1. The highest BCUT2D eigenvalue weighted by Crippen LogP contribution is 2.31. The van der Waals surface area contributed by atoms with Gasteiger partial charge in [0, 0.05) is 25.4 Å². The summed E-state index contributed by atoms with van der Waals surface area (Å²) in [6, 6.07) is 12.7. The van der Waals surface area contributed by atoms with Crippen molar-refractivity contribution in [1.82, 2.24) is 19.4 Å². The molecular weight excluding hydrogens is 355 g/mol. The summed E-state index contributed by atoms with van der Waals surface area (Å²) >= 11 is 0. The number of hydrogen-bond donors (Lipinski definition) is 0. The molecule has 1 saturated heterocycles. The van der Waals surface area contributed by atoms with Gasteiger partial charge in [-0.1, -0.05) is 13.0 Å². The van der Waals surface area contributed by atoms with Crippen LogP contribution < -0.4 is 4.74 Å². The summed E-state index contributed by atoms with van der Waals surface area (Å²) in [5.74, 6) is 2.38. The maximum atomic E-state index is 13.0. The van der Waals surface area contributed by atoms with Gasteiger partial charge < -0.3 is 4.74 Å². The van der Waals surface area contributed by atoms with Crippen molar-refractivity contribution in [3.05, 3.63) is 72.2 Å². The summed E-state index contributed by atoms with van der Waals surface area (Å²) in [5, 5.41) is 0. The zero-order chi connectivity index (χ0) is 19.3. The van der Waals surface area contributed by atoms with Gasteiger partial charge in [-0.15, -0.1) is 0 Å². The van der Waals surface area contributed by atoms with Crippen LogP contribution in [0.4, 0.5) is 4.39 Å². The number of benzene rings is 1. The molecule has 1 atom stereocenters. The average molecular weight is 380 g/mol. The van der Waals surface area contributed by atoms with Crippen LogP contribution in [0.15, 0.2) is 54.9 Å². The van der Waals surface area contributed by atoms with E-state index in [9.17, 15) is 4.39 Å². The lowest BCUT2D eigenvalue weighted by Gasteiger charge is -2.24. The lowest BCUT2D eigenvalue weighted by molar-refractivity contribution is 0.195. The van der Waals surface area contributed by atoms with E-state index < -0.39 is 0 Å². The normalized spacial score (nSPS) is 17.1. The van der Waals surface area contributed by atoms with Crippen LogP contribution in [0.2, 0.25) is 0 Å². The Kier molecular flexibility index (Phi) is 5.67. The van der Waals surface area contributed by atoms with Crippen LogP contribution in [0, 0.1) is 5.82 Å². The molecule has 4 rings (SSSR count). The molecule has 1 aromatic carbocycles. The molecule has 2 aromatic heterocycles. The second-order valence-electron chi connectivity index (χ2n) is 6.98. The number of hydrogen-bond acceptors (Lipinski definition) is 4. The number of aromatic nitrogens is 3. The second-order valence-corrected chi connectivity index (χ2v) is 6.98. The third-order valence-corrected chi connectivity index (χ3v) is 5.20. The maximum Gasteiger partial charge on any atom is 0.138 e. The molecule has 0 spiro atoms. The third kappa shape index (κ3) is 4.07. The van der Waals surface area contributed by atoms with E-state index in [0.29, 0.717) is 18.4 Å². The Morgan fingerprint density at radius 1 is 1.18 bits per heavy atom. The molecule has 0 radical (unpaired) electrons. The molecule has 0 saturated carbocycles. The van der Waals surface area contributed by atoms with Crippen molar-refractivity contribution >= 4 is 0 Å². The predicted octanol–water partition coefficient (Wildman–Crippen LogP) is 4.18. The van der Waals surface area contributed by atoms with E-state index in [4.69, 9.17) is 9.72 Å². The third-order valence-electron chi connectivity index (χ3n) is 5.20. The Labute approximate surface area is 164 Å². The standard InChI is InChI=1S/C22H25FN4O/c1-2-21-24-12-14-27(21)22-7-3-5-19(25-22)20-6-4-13-26(20)15-16-28-18-10-8-17(23)9-11-18/h3,5,7-12,14,20H,2,4,6,13,15-16H2,1H3. The monoisotopic (exact) mass is 380 g/mol. The first-order valence-electron chi connectivity index (χ1n) is 9.86. The average Bonchev–Trinajstić information content (AvgIpc) is 3.39. The van der Waals surface area contributed by atoms with Gasteiger partial charge in [-0.3, -0.25) is 9.47 Å². The number of imidazole rings is 1. The van der Waals surface area contributed by atoms with E-state index in [-0.39, 0.29) is 5.82 Å². The van der Waals surface area contributed by atoms with Crippen LogP contribution in [0.25, 0.3) is 5.82 Å². The Morgan fingerprint density at radius 3 is 2.86 bits per heavy atom. The topological polar surface area (TPSA) is 43.2 Å². The summed E-state index contributed by atoms with van der Waals surface area (Å²) in [7, 11) is 0. The first-order chi connectivity index (χ1) is 13.7. The summed E-state index contributed by atoms with van der Waals surface area (Å²) < 4.78 is 20.8. The highest BCUT2D eigenvalue weighted by atomic mass is 19.1. The molecule has 1 aliphatic heterocycles. The predicted molar refractivity (Wildman–Crippen MR) is 106 cm³/mol. The van der Waals surface area contributed by atoms with Crippen LogP contribution in [-0.4, -0.2) is 39.1 Å². The molecule has 28 heavy (non-hydrogen) atoms. The molecule has 1 aliphatic rings. The zero-order valence-corrected chi connectivity index (χ0v) is 16.1. The van der Waals surface area contributed by atoms with Gasteiger partial charge in [0.25, 0.3) is 0 Å². The first kappa shape index (κ1) is 18.6. The fourth-order valence-electron chi connectivity index (χ4n) is 3.80. The Morgan fingerprint density at radius 2 is 2.04 bits per heavy atom. The van der Waals surface area contributed by atoms with Crippen LogP contribution in [0.5, 0.6) is 5.75 Å². The molecule has 0 bridgehead atoms. The molecule has 0 N–H and O–H groups in total. The van der Waals surface area contributed by atoms with Gasteiger partial charge in [0.05, 0.1) is 11.7 Å². The van der Waals surface area contributed by atoms with Crippen molar-refractivity contribution in [2.45, 2.75) is 32.2 Å². The first-order valence-corrected chi connectivity index (χ1v) is 9.86. The van der Waals surface area contributed by atoms with E-state index in [1.165, 1.54) is 12.1 Å². The van der Waals surface area contributed by atoms with E-state index in [0.717, 1.165) is 49.7 Å². The maximum absolute atomic E-state index is 13.0. The van der Waals surface area contributed by atoms with Gasteiger partial charge in [-0.05, 0) is 55.8 Å². The fourth-order valence-corrected chi connectivity index (χ4v) is 3.80. The Hall–Kier alpha value is -2.73. The summed E-state index contributed by atoms with van der Waals surface area (Å²) in [6.45, 7) is 4.53. The lowest BCUT2D eigenvalue weighted by atomic mass is 10.1. The van der Waals surface area contributed by atoms with Gasteiger partial charge >= 0.3 is 0 Å². The van der Waals surface area contributed by atoms with Crippen molar-refractivity contribution in [3.63, 3.8) is 0 Å². The Balaban J connectivity index is 1.43. The van der Waals surface area contributed by atoms with E-state index in [1.54, 1.807) is 12.1 Å². The molecule has 0 aliphatic carbocycles. The van der Waals surface area contributed by atoms with Crippen LogP contribution >= 0.6 is 0 Å². The number of aryl methyl sites for hydroxylation is 1. The number of ether oxygens (including phenoxy) is 1. The van der Waals surface area contributed by atoms with E-state index in [2.05, 4.69) is 33.5 Å². The quantitative estimate of drug-likeness (QED) is 0.617. The zero-order valence-electron chi connectivity index (χ0n) is 16.1.